The summed E-state index contributed by atoms with van der Waals surface area (Å²) in [6, 6.07) is 4.65. The normalized spacial score (nSPS) is 12.6. The molecule has 1 aromatic carbocycles. The van der Waals surface area contributed by atoms with Crippen molar-refractivity contribution < 1.29 is 23.9 Å². The van der Waals surface area contributed by atoms with Crippen molar-refractivity contribution in [1.29, 1.82) is 0 Å². The maximum atomic E-state index is 12.3. The van der Waals surface area contributed by atoms with Crippen LogP contribution in [0.3, 0.4) is 0 Å². The Labute approximate surface area is 147 Å². The molecule has 0 aliphatic carbocycles. The lowest BCUT2D eigenvalue weighted by atomic mass is 10.1. The molecule has 1 aliphatic rings. The number of Topliss-reactive ketones (excluding diaryl/α,β-unsaturated/α-hetero) is 1. The first kappa shape index (κ1) is 16.9. The van der Waals surface area contributed by atoms with E-state index in [0.717, 1.165) is 11.5 Å². The van der Waals surface area contributed by atoms with Crippen LogP contribution in [0.2, 0.25) is 0 Å². The molecular formula is C16H15N3O5S. The van der Waals surface area contributed by atoms with Crippen LogP contribution in [0.15, 0.2) is 18.2 Å². The van der Waals surface area contributed by atoms with E-state index in [0.29, 0.717) is 33.3 Å². The van der Waals surface area contributed by atoms with Crippen molar-refractivity contribution in [3.8, 4) is 5.75 Å². The number of amides is 1. The van der Waals surface area contributed by atoms with Gasteiger partial charge < -0.3 is 20.1 Å². The molecule has 2 N–H and O–H groups in total. The van der Waals surface area contributed by atoms with Gasteiger partial charge in [-0.25, -0.2) is 4.79 Å². The van der Waals surface area contributed by atoms with Gasteiger partial charge in [0, 0.05) is 12.6 Å². The molecule has 1 aromatic heterocycles. The fourth-order valence-corrected chi connectivity index (χ4v) is 3.06. The molecule has 3 rings (SSSR count). The van der Waals surface area contributed by atoms with Crippen molar-refractivity contribution in [3.63, 3.8) is 0 Å². The molecule has 9 heteroatoms. The fraction of sp³-hybridized carbons (Fsp3) is 0.250. The van der Waals surface area contributed by atoms with E-state index in [-0.39, 0.29) is 18.3 Å². The van der Waals surface area contributed by atoms with Gasteiger partial charge in [-0.1, -0.05) is 0 Å². The molecule has 0 fully saturated rings. The molecule has 0 radical (unpaired) electrons. The van der Waals surface area contributed by atoms with Gasteiger partial charge in [0.25, 0.3) is 5.91 Å². The van der Waals surface area contributed by atoms with E-state index in [1.807, 2.05) is 0 Å². The number of carbonyl (C=O) groups excluding carboxylic acids is 3. The third-order valence-corrected chi connectivity index (χ3v) is 4.52. The summed E-state index contributed by atoms with van der Waals surface area (Å²) in [6.45, 7) is 1.23. The van der Waals surface area contributed by atoms with E-state index in [9.17, 15) is 14.4 Å². The summed E-state index contributed by atoms with van der Waals surface area (Å²) in [6.07, 6.45) is 0. The van der Waals surface area contributed by atoms with Crippen LogP contribution in [0, 0.1) is 6.92 Å². The topological polar surface area (TPSA) is 107 Å². The summed E-state index contributed by atoms with van der Waals surface area (Å²) in [7, 11) is 1.68. The van der Waals surface area contributed by atoms with Gasteiger partial charge in [0.1, 0.15) is 16.3 Å². The minimum atomic E-state index is -0.612. The van der Waals surface area contributed by atoms with E-state index in [4.69, 9.17) is 9.47 Å². The second-order valence-corrected chi connectivity index (χ2v) is 6.04. The zero-order valence-electron chi connectivity index (χ0n) is 13.5. The quantitative estimate of drug-likeness (QED) is 0.618. The van der Waals surface area contributed by atoms with Gasteiger partial charge in [-0.3, -0.25) is 9.59 Å². The molecule has 0 saturated carbocycles. The molecule has 2 heterocycles. The van der Waals surface area contributed by atoms with Crippen molar-refractivity contribution in [1.82, 2.24) is 4.37 Å². The minimum Gasteiger partial charge on any atom is -0.482 e. The number of benzene rings is 1. The standard InChI is InChI=1S/C16H15N3O5S/c1-8-14(15(17-2)25-19-8)16(22)24-6-11(20)9-3-4-12-10(5-9)18-13(21)7-23-12/h3-5,17H,6-7H2,1-2H3,(H,18,21). The molecule has 2 aromatic rings. The molecule has 1 aliphatic heterocycles. The number of anilines is 2. The summed E-state index contributed by atoms with van der Waals surface area (Å²) in [5.74, 6) is -0.795. The number of carbonyl (C=O) groups is 3. The van der Waals surface area contributed by atoms with Gasteiger partial charge in [-0.2, -0.15) is 4.37 Å². The third-order valence-electron chi connectivity index (χ3n) is 3.56. The van der Waals surface area contributed by atoms with E-state index in [1.54, 1.807) is 26.1 Å². The molecule has 1 amide bonds. The molecular weight excluding hydrogens is 346 g/mol. The van der Waals surface area contributed by atoms with Crippen LogP contribution in [0.25, 0.3) is 0 Å². The first-order valence-corrected chi connectivity index (χ1v) is 8.18. The van der Waals surface area contributed by atoms with E-state index in [2.05, 4.69) is 15.0 Å². The summed E-state index contributed by atoms with van der Waals surface area (Å²) in [4.78, 5) is 35.8. The van der Waals surface area contributed by atoms with Crippen LogP contribution in [0.4, 0.5) is 10.7 Å². The fourth-order valence-electron chi connectivity index (χ4n) is 2.32. The Morgan fingerprint density at radius 1 is 1.44 bits per heavy atom. The number of nitrogens with one attached hydrogen (secondary N) is 2. The Bertz CT molecular complexity index is 861. The zero-order chi connectivity index (χ0) is 18.0. The Morgan fingerprint density at radius 2 is 2.24 bits per heavy atom. The number of fused-ring (bicyclic) bond motifs is 1. The Kier molecular flexibility index (Phi) is 4.66. The van der Waals surface area contributed by atoms with Crippen LogP contribution in [-0.4, -0.2) is 42.3 Å². The first-order chi connectivity index (χ1) is 12.0. The van der Waals surface area contributed by atoms with Crippen molar-refractivity contribution in [3.05, 3.63) is 35.0 Å². The molecule has 0 atom stereocenters. The van der Waals surface area contributed by atoms with Gasteiger partial charge in [-0.15, -0.1) is 0 Å². The summed E-state index contributed by atoms with van der Waals surface area (Å²) in [5, 5.41) is 6.08. The predicted octanol–water partition coefficient (Wildman–Crippen LogP) is 1.86. The lowest BCUT2D eigenvalue weighted by Gasteiger charge is -2.18. The van der Waals surface area contributed by atoms with Crippen LogP contribution in [-0.2, 0) is 9.53 Å². The highest BCUT2D eigenvalue weighted by atomic mass is 32.1. The number of hydrogen-bond donors (Lipinski definition) is 2. The monoisotopic (exact) mass is 361 g/mol. The number of ketones is 1. The van der Waals surface area contributed by atoms with Gasteiger partial charge in [-0.05, 0) is 36.7 Å². The van der Waals surface area contributed by atoms with Gasteiger partial charge in [0.2, 0.25) is 0 Å². The molecule has 8 nitrogen and oxygen atoms in total. The summed E-state index contributed by atoms with van der Waals surface area (Å²) in [5.41, 5.74) is 1.60. The van der Waals surface area contributed by atoms with Crippen LogP contribution >= 0.6 is 11.5 Å². The Morgan fingerprint density at radius 3 is 3.00 bits per heavy atom. The predicted molar refractivity (Wildman–Crippen MR) is 91.6 cm³/mol. The van der Waals surface area contributed by atoms with Crippen LogP contribution < -0.4 is 15.4 Å². The highest BCUT2D eigenvalue weighted by Gasteiger charge is 2.22. The number of hydrogen-bond acceptors (Lipinski definition) is 8. The SMILES string of the molecule is CNc1snc(C)c1C(=O)OCC(=O)c1ccc2c(c1)NC(=O)CO2. The minimum absolute atomic E-state index is 0.0558. The second-order valence-electron chi connectivity index (χ2n) is 5.27. The largest absolute Gasteiger partial charge is 0.482 e. The van der Waals surface area contributed by atoms with Crippen molar-refractivity contribution in [2.24, 2.45) is 0 Å². The maximum Gasteiger partial charge on any atom is 0.343 e. The lowest BCUT2D eigenvalue weighted by Crippen LogP contribution is -2.25. The molecule has 0 spiro atoms. The maximum absolute atomic E-state index is 12.3. The zero-order valence-corrected chi connectivity index (χ0v) is 14.4. The number of aryl methyl sites for hydroxylation is 1. The van der Waals surface area contributed by atoms with Gasteiger partial charge in [0.05, 0.1) is 11.4 Å². The van der Waals surface area contributed by atoms with E-state index >= 15 is 0 Å². The number of ether oxygens (including phenoxy) is 2. The summed E-state index contributed by atoms with van der Waals surface area (Å²) < 4.78 is 14.4. The van der Waals surface area contributed by atoms with Crippen molar-refractivity contribution in [2.45, 2.75) is 6.92 Å². The Balaban J connectivity index is 1.69. The highest BCUT2D eigenvalue weighted by Crippen LogP contribution is 2.29. The second kappa shape index (κ2) is 6.89. The number of nitrogens with zero attached hydrogens (tertiary/aromatic N) is 1. The van der Waals surface area contributed by atoms with Crippen molar-refractivity contribution in [2.75, 3.05) is 30.9 Å². The van der Waals surface area contributed by atoms with Gasteiger partial charge in [0.15, 0.2) is 19.0 Å². The lowest BCUT2D eigenvalue weighted by molar-refractivity contribution is -0.118. The Hall–Kier alpha value is -2.94. The van der Waals surface area contributed by atoms with E-state index in [1.165, 1.54) is 6.07 Å². The first-order valence-electron chi connectivity index (χ1n) is 7.40. The number of aromatic nitrogens is 1. The third kappa shape index (κ3) is 3.45. The molecule has 0 unspecified atom stereocenters. The van der Waals surface area contributed by atoms with Crippen molar-refractivity contribution >= 4 is 39.9 Å². The molecule has 130 valence electrons. The van der Waals surface area contributed by atoms with Crippen LogP contribution in [0.1, 0.15) is 26.4 Å². The molecule has 25 heavy (non-hydrogen) atoms. The molecule has 0 bridgehead atoms. The smallest absolute Gasteiger partial charge is 0.343 e. The average molecular weight is 361 g/mol. The number of esters is 1. The van der Waals surface area contributed by atoms with E-state index < -0.39 is 12.6 Å². The number of rotatable bonds is 5. The highest BCUT2D eigenvalue weighted by molar-refractivity contribution is 7.10. The van der Waals surface area contributed by atoms with Crippen LogP contribution in [0.5, 0.6) is 5.75 Å². The molecule has 0 saturated heterocycles. The van der Waals surface area contributed by atoms with Gasteiger partial charge >= 0.3 is 5.97 Å². The summed E-state index contributed by atoms with van der Waals surface area (Å²) >= 11 is 1.15. The average Bonchev–Trinajstić information content (AvgIpc) is 2.99.